The lowest BCUT2D eigenvalue weighted by Crippen LogP contribution is -2.29. The molecule has 2 aromatic carbocycles. The van der Waals surface area contributed by atoms with Gasteiger partial charge in [0, 0.05) is 10.2 Å². The Bertz CT molecular complexity index is 1040. The molecule has 3 aromatic rings. The molecule has 3 rings (SSSR count). The van der Waals surface area contributed by atoms with Gasteiger partial charge in [0.2, 0.25) is 5.91 Å². The number of benzene rings is 2. The third kappa shape index (κ3) is 3.39. The molecule has 0 aliphatic rings. The fraction of sp³-hybridized carbons (Fsp3) is 0.176. The second-order valence-electron chi connectivity index (χ2n) is 5.56. The maximum atomic E-state index is 13.0. The number of aromatic nitrogens is 1. The summed E-state index contributed by atoms with van der Waals surface area (Å²) in [5.74, 6) is -1.37. The number of alkyl halides is 3. The predicted molar refractivity (Wildman–Crippen MR) is 93.0 cm³/mol. The standard InChI is InChI=1S/C17H12BrF3N2O3/c1-9(23-13-4-2-3-5-14(13)26-16(23)25)15(24)22-10-6-7-12(18)11(8-10)17(19,20)21/h2-9H,1H3,(H,22,24). The van der Waals surface area contributed by atoms with Gasteiger partial charge in [0.25, 0.3) is 0 Å². The van der Waals surface area contributed by atoms with Gasteiger partial charge in [-0.1, -0.05) is 28.1 Å². The number of para-hydroxylation sites is 2. The molecular weight excluding hydrogens is 417 g/mol. The van der Waals surface area contributed by atoms with Crippen molar-refractivity contribution in [2.45, 2.75) is 19.1 Å². The van der Waals surface area contributed by atoms with Crippen LogP contribution in [0.25, 0.3) is 11.1 Å². The minimum atomic E-state index is -4.57. The average molecular weight is 429 g/mol. The van der Waals surface area contributed by atoms with E-state index in [1.807, 2.05) is 0 Å². The van der Waals surface area contributed by atoms with E-state index in [-0.39, 0.29) is 10.2 Å². The maximum Gasteiger partial charge on any atom is 0.420 e. The summed E-state index contributed by atoms with van der Waals surface area (Å²) in [5, 5.41) is 2.40. The highest BCUT2D eigenvalue weighted by Crippen LogP contribution is 2.36. The largest absolute Gasteiger partial charge is 0.420 e. The normalized spacial score (nSPS) is 13.0. The number of carbonyl (C=O) groups excluding carboxylic acids is 1. The Morgan fingerprint density at radius 2 is 1.92 bits per heavy atom. The lowest BCUT2D eigenvalue weighted by atomic mass is 10.2. The molecule has 1 aromatic heterocycles. The fourth-order valence-electron chi connectivity index (χ4n) is 2.54. The summed E-state index contributed by atoms with van der Waals surface area (Å²) in [6.07, 6.45) is -4.57. The van der Waals surface area contributed by atoms with Crippen molar-refractivity contribution in [3.63, 3.8) is 0 Å². The summed E-state index contributed by atoms with van der Waals surface area (Å²) < 4.78 is 45.0. The van der Waals surface area contributed by atoms with E-state index >= 15 is 0 Å². The molecule has 1 amide bonds. The van der Waals surface area contributed by atoms with E-state index in [1.54, 1.807) is 24.3 Å². The summed E-state index contributed by atoms with van der Waals surface area (Å²) >= 11 is 2.84. The van der Waals surface area contributed by atoms with Crippen LogP contribution in [0.15, 0.2) is 56.1 Å². The fourth-order valence-corrected chi connectivity index (χ4v) is 3.01. The summed E-state index contributed by atoms with van der Waals surface area (Å²) in [5.41, 5.74) is -0.195. The third-order valence-corrected chi connectivity index (χ3v) is 4.52. The number of anilines is 1. The van der Waals surface area contributed by atoms with E-state index in [1.165, 1.54) is 19.1 Å². The van der Waals surface area contributed by atoms with Crippen molar-refractivity contribution < 1.29 is 22.4 Å². The molecule has 26 heavy (non-hydrogen) atoms. The van der Waals surface area contributed by atoms with Gasteiger partial charge in [-0.25, -0.2) is 4.79 Å². The van der Waals surface area contributed by atoms with Crippen LogP contribution in [-0.4, -0.2) is 10.5 Å². The molecule has 0 spiro atoms. The SMILES string of the molecule is CC(C(=O)Nc1ccc(Br)c(C(F)(F)F)c1)n1c(=O)oc2ccccc21. The molecule has 5 nitrogen and oxygen atoms in total. The van der Waals surface area contributed by atoms with E-state index in [0.29, 0.717) is 11.1 Å². The first-order valence-electron chi connectivity index (χ1n) is 7.46. The number of hydrogen-bond donors (Lipinski definition) is 1. The van der Waals surface area contributed by atoms with Crippen LogP contribution >= 0.6 is 15.9 Å². The van der Waals surface area contributed by atoms with Gasteiger partial charge in [-0.15, -0.1) is 0 Å². The molecule has 0 aliphatic heterocycles. The van der Waals surface area contributed by atoms with Crippen molar-refractivity contribution in [1.82, 2.24) is 4.57 Å². The molecule has 0 radical (unpaired) electrons. The second kappa shape index (κ2) is 6.64. The van der Waals surface area contributed by atoms with Gasteiger partial charge >= 0.3 is 11.9 Å². The number of oxazole rings is 1. The lowest BCUT2D eigenvalue weighted by Gasteiger charge is -2.15. The molecule has 0 saturated carbocycles. The Labute approximate surface area is 153 Å². The van der Waals surface area contributed by atoms with E-state index < -0.39 is 29.4 Å². The van der Waals surface area contributed by atoms with Gasteiger partial charge < -0.3 is 9.73 Å². The monoisotopic (exact) mass is 428 g/mol. The van der Waals surface area contributed by atoms with Crippen LogP contribution in [0.3, 0.4) is 0 Å². The van der Waals surface area contributed by atoms with Gasteiger partial charge in [-0.05, 0) is 37.3 Å². The number of amides is 1. The zero-order valence-electron chi connectivity index (χ0n) is 13.3. The Morgan fingerprint density at radius 3 is 2.62 bits per heavy atom. The lowest BCUT2D eigenvalue weighted by molar-refractivity contribution is -0.138. The third-order valence-electron chi connectivity index (χ3n) is 3.82. The maximum absolute atomic E-state index is 13.0. The van der Waals surface area contributed by atoms with Crippen molar-refractivity contribution in [2.75, 3.05) is 5.32 Å². The zero-order valence-corrected chi connectivity index (χ0v) is 14.9. The van der Waals surface area contributed by atoms with E-state index in [4.69, 9.17) is 4.42 Å². The highest BCUT2D eigenvalue weighted by Gasteiger charge is 2.33. The van der Waals surface area contributed by atoms with Gasteiger partial charge in [0.1, 0.15) is 6.04 Å². The predicted octanol–water partition coefficient (Wildman–Crippen LogP) is 4.58. The number of hydrogen-bond acceptors (Lipinski definition) is 3. The van der Waals surface area contributed by atoms with Crippen LogP contribution in [0.2, 0.25) is 0 Å². The highest BCUT2D eigenvalue weighted by molar-refractivity contribution is 9.10. The Kier molecular flexibility index (Phi) is 4.66. The van der Waals surface area contributed by atoms with Gasteiger partial charge in [0.15, 0.2) is 5.58 Å². The minimum absolute atomic E-state index is 0.0294. The van der Waals surface area contributed by atoms with Crippen LogP contribution in [-0.2, 0) is 11.0 Å². The van der Waals surface area contributed by atoms with Crippen LogP contribution in [0.4, 0.5) is 18.9 Å². The summed E-state index contributed by atoms with van der Waals surface area (Å²) in [4.78, 5) is 24.5. The van der Waals surface area contributed by atoms with Gasteiger partial charge in [-0.3, -0.25) is 9.36 Å². The number of carbonyl (C=O) groups is 1. The highest BCUT2D eigenvalue weighted by atomic mass is 79.9. The van der Waals surface area contributed by atoms with Crippen LogP contribution in [0, 0.1) is 0 Å². The smallest absolute Gasteiger partial charge is 0.408 e. The average Bonchev–Trinajstić information content (AvgIpc) is 2.90. The molecular formula is C17H12BrF3N2O3. The molecule has 0 bridgehead atoms. The molecule has 136 valence electrons. The van der Waals surface area contributed by atoms with Crippen molar-refractivity contribution in [3.05, 3.63) is 63.1 Å². The first-order valence-corrected chi connectivity index (χ1v) is 8.25. The number of halogens is 4. The first-order chi connectivity index (χ1) is 12.2. The topological polar surface area (TPSA) is 64.2 Å². The Hall–Kier alpha value is -2.55. The molecule has 1 unspecified atom stereocenters. The quantitative estimate of drug-likeness (QED) is 0.664. The van der Waals surface area contributed by atoms with Crippen LogP contribution in [0.1, 0.15) is 18.5 Å². The Balaban J connectivity index is 1.91. The van der Waals surface area contributed by atoms with E-state index in [0.717, 1.165) is 10.6 Å². The Morgan fingerprint density at radius 1 is 1.23 bits per heavy atom. The number of rotatable bonds is 3. The van der Waals surface area contributed by atoms with Crippen LogP contribution in [0.5, 0.6) is 0 Å². The first kappa shape index (κ1) is 18.2. The number of nitrogens with one attached hydrogen (secondary N) is 1. The second-order valence-corrected chi connectivity index (χ2v) is 6.42. The van der Waals surface area contributed by atoms with Gasteiger partial charge in [0.05, 0.1) is 11.1 Å². The summed E-state index contributed by atoms with van der Waals surface area (Å²) in [6.45, 7) is 1.46. The molecule has 1 N–H and O–H groups in total. The number of nitrogens with zero attached hydrogens (tertiary/aromatic N) is 1. The van der Waals surface area contributed by atoms with E-state index in [9.17, 15) is 22.8 Å². The van der Waals surface area contributed by atoms with E-state index in [2.05, 4.69) is 21.2 Å². The molecule has 0 fully saturated rings. The molecule has 0 saturated heterocycles. The molecule has 9 heteroatoms. The molecule has 0 aliphatic carbocycles. The van der Waals surface area contributed by atoms with Crippen molar-refractivity contribution >= 4 is 38.6 Å². The molecule has 1 heterocycles. The minimum Gasteiger partial charge on any atom is -0.408 e. The van der Waals surface area contributed by atoms with Crippen LogP contribution < -0.4 is 11.1 Å². The molecule has 1 atom stereocenters. The summed E-state index contributed by atoms with van der Waals surface area (Å²) in [7, 11) is 0. The van der Waals surface area contributed by atoms with Gasteiger partial charge in [-0.2, -0.15) is 13.2 Å². The number of fused-ring (bicyclic) bond motifs is 1. The summed E-state index contributed by atoms with van der Waals surface area (Å²) in [6, 6.07) is 8.94. The van der Waals surface area contributed by atoms with Crippen molar-refractivity contribution in [1.29, 1.82) is 0 Å². The zero-order chi connectivity index (χ0) is 19.1. The van der Waals surface area contributed by atoms with Crippen molar-refractivity contribution in [3.8, 4) is 0 Å². The van der Waals surface area contributed by atoms with Crippen molar-refractivity contribution in [2.24, 2.45) is 0 Å².